The predicted molar refractivity (Wildman–Crippen MR) is 80.9 cm³/mol. The number of benzene rings is 1. The number of thioether (sulfide) groups is 1. The van der Waals surface area contributed by atoms with Crippen molar-refractivity contribution in [3.05, 3.63) is 24.3 Å². The summed E-state index contributed by atoms with van der Waals surface area (Å²) in [5, 5.41) is 8.61. The number of aliphatic carboxylic acids is 1. The van der Waals surface area contributed by atoms with Crippen molar-refractivity contribution in [3.63, 3.8) is 0 Å². The van der Waals surface area contributed by atoms with Gasteiger partial charge in [-0.25, -0.2) is 8.42 Å². The first-order valence-electron chi connectivity index (χ1n) is 6.50. The lowest BCUT2D eigenvalue weighted by atomic mass is 10.1. The van der Waals surface area contributed by atoms with Gasteiger partial charge >= 0.3 is 5.97 Å². The molecule has 1 aromatic rings. The zero-order chi connectivity index (χ0) is 15.3. The van der Waals surface area contributed by atoms with Gasteiger partial charge in [0.15, 0.2) is 9.84 Å². The van der Waals surface area contributed by atoms with Gasteiger partial charge in [0.25, 0.3) is 0 Å². The summed E-state index contributed by atoms with van der Waals surface area (Å²) in [6.07, 6.45) is 0.577. The Balaban J connectivity index is 2.89. The van der Waals surface area contributed by atoms with E-state index in [9.17, 15) is 13.2 Å². The number of carboxylic acid groups (broad SMARTS) is 1. The first-order valence-corrected chi connectivity index (χ1v) is 9.03. The third-order valence-electron chi connectivity index (χ3n) is 2.77. The molecule has 0 aliphatic rings. The van der Waals surface area contributed by atoms with Crippen LogP contribution in [0, 0.1) is 5.92 Å². The maximum absolute atomic E-state index is 11.9. The van der Waals surface area contributed by atoms with Crippen LogP contribution in [0.3, 0.4) is 0 Å². The third-order valence-corrected chi connectivity index (χ3v) is 6.25. The lowest BCUT2D eigenvalue weighted by Gasteiger charge is -2.15. The molecule has 112 valence electrons. The molecule has 1 rings (SSSR count). The van der Waals surface area contributed by atoms with Gasteiger partial charge in [-0.3, -0.25) is 4.79 Å². The van der Waals surface area contributed by atoms with Crippen LogP contribution in [-0.4, -0.2) is 30.5 Å². The van der Waals surface area contributed by atoms with Crippen LogP contribution in [0.2, 0.25) is 0 Å². The van der Waals surface area contributed by atoms with Crippen LogP contribution in [-0.2, 0) is 14.6 Å². The predicted octanol–water partition coefficient (Wildman–Crippen LogP) is 3.07. The highest BCUT2D eigenvalue weighted by Gasteiger charge is 2.23. The van der Waals surface area contributed by atoms with Gasteiger partial charge in [0.2, 0.25) is 0 Å². The standard InChI is InChI=1S/C14H20O4S2/c1-4-9-20(17,18)12-7-5-11(6-8-12)19-13(10(2)3)14(15)16/h5-8,10,13H,4,9H2,1-3H3,(H,15,16). The maximum atomic E-state index is 11.9. The van der Waals surface area contributed by atoms with Gasteiger partial charge in [-0.1, -0.05) is 20.8 Å². The monoisotopic (exact) mass is 316 g/mol. The number of carbonyl (C=O) groups is 1. The van der Waals surface area contributed by atoms with E-state index in [4.69, 9.17) is 5.11 Å². The Bertz CT molecular complexity index is 547. The highest BCUT2D eigenvalue weighted by molar-refractivity contribution is 8.00. The highest BCUT2D eigenvalue weighted by atomic mass is 32.2. The Morgan fingerprint density at radius 2 is 1.80 bits per heavy atom. The van der Waals surface area contributed by atoms with Crippen molar-refractivity contribution in [3.8, 4) is 0 Å². The van der Waals surface area contributed by atoms with E-state index >= 15 is 0 Å². The molecule has 0 saturated heterocycles. The van der Waals surface area contributed by atoms with Crippen molar-refractivity contribution in [2.75, 3.05) is 5.75 Å². The quantitative estimate of drug-likeness (QED) is 0.783. The first kappa shape index (κ1) is 17.0. The molecule has 0 aliphatic carbocycles. The molecule has 20 heavy (non-hydrogen) atoms. The van der Waals surface area contributed by atoms with Crippen LogP contribution in [0.4, 0.5) is 0 Å². The molecule has 0 amide bonds. The lowest BCUT2D eigenvalue weighted by Crippen LogP contribution is -2.22. The van der Waals surface area contributed by atoms with Crippen LogP contribution in [0.1, 0.15) is 27.2 Å². The molecule has 6 heteroatoms. The summed E-state index contributed by atoms with van der Waals surface area (Å²) in [7, 11) is -3.21. The fourth-order valence-electron chi connectivity index (χ4n) is 1.73. The molecule has 0 spiro atoms. The number of hydrogen-bond donors (Lipinski definition) is 1. The third kappa shape index (κ3) is 4.52. The van der Waals surface area contributed by atoms with Gasteiger partial charge in [-0.2, -0.15) is 0 Å². The summed E-state index contributed by atoms with van der Waals surface area (Å²) in [6, 6.07) is 6.44. The zero-order valence-corrected chi connectivity index (χ0v) is 13.5. The van der Waals surface area contributed by atoms with Crippen molar-refractivity contribution in [2.24, 2.45) is 5.92 Å². The van der Waals surface area contributed by atoms with Gasteiger partial charge in [0.1, 0.15) is 5.25 Å². The zero-order valence-electron chi connectivity index (χ0n) is 11.9. The smallest absolute Gasteiger partial charge is 0.317 e. The van der Waals surface area contributed by atoms with E-state index < -0.39 is 21.1 Å². The topological polar surface area (TPSA) is 71.4 Å². The fraction of sp³-hybridized carbons (Fsp3) is 0.500. The van der Waals surface area contributed by atoms with Crippen LogP contribution >= 0.6 is 11.8 Å². The molecular weight excluding hydrogens is 296 g/mol. The lowest BCUT2D eigenvalue weighted by molar-refractivity contribution is -0.137. The molecule has 0 heterocycles. The molecule has 0 aromatic heterocycles. The van der Waals surface area contributed by atoms with Crippen LogP contribution < -0.4 is 0 Å². The number of rotatable bonds is 7. The van der Waals surface area contributed by atoms with Crippen molar-refractivity contribution in [1.29, 1.82) is 0 Å². The molecule has 4 nitrogen and oxygen atoms in total. The summed E-state index contributed by atoms with van der Waals surface area (Å²) in [5.74, 6) is -0.725. The Labute approximate surface area is 124 Å². The molecule has 0 bridgehead atoms. The number of sulfone groups is 1. The van der Waals surface area contributed by atoms with Gasteiger partial charge in [0, 0.05) is 4.90 Å². The summed E-state index contributed by atoms with van der Waals surface area (Å²) in [6.45, 7) is 5.53. The largest absolute Gasteiger partial charge is 0.480 e. The second-order valence-corrected chi connectivity index (χ2v) is 8.24. The van der Waals surface area contributed by atoms with Gasteiger partial charge in [0.05, 0.1) is 10.6 Å². The molecule has 1 N–H and O–H groups in total. The van der Waals surface area contributed by atoms with Gasteiger partial charge in [-0.05, 0) is 36.6 Å². The van der Waals surface area contributed by atoms with Crippen LogP contribution in [0.15, 0.2) is 34.1 Å². The van der Waals surface area contributed by atoms with Gasteiger partial charge in [-0.15, -0.1) is 11.8 Å². The summed E-state index contributed by atoms with van der Waals surface area (Å²) >= 11 is 1.24. The summed E-state index contributed by atoms with van der Waals surface area (Å²) in [5.41, 5.74) is 0. The van der Waals surface area contributed by atoms with E-state index in [1.807, 2.05) is 20.8 Å². The SMILES string of the molecule is CCCS(=O)(=O)c1ccc(SC(C(=O)O)C(C)C)cc1. The molecule has 1 atom stereocenters. The minimum absolute atomic E-state index is 0.000926. The Hall–Kier alpha value is -1.01. The Kier molecular flexibility index (Phi) is 6.07. The Morgan fingerprint density at radius 3 is 2.20 bits per heavy atom. The maximum Gasteiger partial charge on any atom is 0.317 e. The van der Waals surface area contributed by atoms with Crippen molar-refractivity contribution < 1.29 is 18.3 Å². The molecule has 0 radical (unpaired) electrons. The second-order valence-electron chi connectivity index (χ2n) is 4.91. The van der Waals surface area contributed by atoms with E-state index in [2.05, 4.69) is 0 Å². The van der Waals surface area contributed by atoms with E-state index in [-0.39, 0.29) is 11.7 Å². The van der Waals surface area contributed by atoms with Crippen molar-refractivity contribution >= 4 is 27.6 Å². The first-order chi connectivity index (χ1) is 9.27. The fourth-order valence-corrected chi connectivity index (χ4v) is 4.01. The van der Waals surface area contributed by atoms with E-state index in [1.165, 1.54) is 11.8 Å². The summed E-state index contributed by atoms with van der Waals surface area (Å²) < 4.78 is 23.8. The number of hydrogen-bond acceptors (Lipinski definition) is 4. The average molecular weight is 316 g/mol. The molecule has 0 saturated carbocycles. The van der Waals surface area contributed by atoms with E-state index in [1.54, 1.807) is 24.3 Å². The van der Waals surface area contributed by atoms with Crippen molar-refractivity contribution in [1.82, 2.24) is 0 Å². The highest BCUT2D eigenvalue weighted by Crippen LogP contribution is 2.29. The van der Waals surface area contributed by atoms with E-state index in [0.717, 1.165) is 4.90 Å². The Morgan fingerprint density at radius 1 is 1.25 bits per heavy atom. The van der Waals surface area contributed by atoms with Gasteiger partial charge < -0.3 is 5.11 Å². The number of carboxylic acids is 1. The minimum atomic E-state index is -3.21. The van der Waals surface area contributed by atoms with Crippen LogP contribution in [0.5, 0.6) is 0 Å². The second kappa shape index (κ2) is 7.13. The van der Waals surface area contributed by atoms with Crippen molar-refractivity contribution in [2.45, 2.75) is 42.2 Å². The minimum Gasteiger partial charge on any atom is -0.480 e. The molecule has 1 unspecified atom stereocenters. The average Bonchev–Trinajstić information content (AvgIpc) is 2.35. The molecule has 1 aromatic carbocycles. The van der Waals surface area contributed by atoms with E-state index in [0.29, 0.717) is 11.3 Å². The molecular formula is C14H20O4S2. The molecule has 0 fully saturated rings. The summed E-state index contributed by atoms with van der Waals surface area (Å²) in [4.78, 5) is 12.2. The van der Waals surface area contributed by atoms with Crippen LogP contribution in [0.25, 0.3) is 0 Å². The normalized spacial score (nSPS) is 13.4. The molecule has 0 aliphatic heterocycles.